The van der Waals surface area contributed by atoms with Crippen molar-refractivity contribution in [1.29, 1.82) is 0 Å². The molecule has 6 heteroatoms. The van der Waals surface area contributed by atoms with Gasteiger partial charge in [-0.2, -0.15) is 11.8 Å². The van der Waals surface area contributed by atoms with E-state index in [2.05, 4.69) is 22.2 Å². The summed E-state index contributed by atoms with van der Waals surface area (Å²) < 4.78 is 0. The highest BCUT2D eigenvalue weighted by atomic mass is 32.2. The summed E-state index contributed by atoms with van der Waals surface area (Å²) in [5, 5.41) is 3.13. The third-order valence-electron chi connectivity index (χ3n) is 2.82. The normalized spacial score (nSPS) is 12.0. The summed E-state index contributed by atoms with van der Waals surface area (Å²) in [4.78, 5) is 22.3. The number of thioether (sulfide) groups is 1. The summed E-state index contributed by atoms with van der Waals surface area (Å²) in [6.45, 7) is 4.96. The Morgan fingerprint density at radius 1 is 1.47 bits per heavy atom. The molecule has 0 aliphatic carbocycles. The maximum Gasteiger partial charge on any atom is 0.274 e. The summed E-state index contributed by atoms with van der Waals surface area (Å²) in [5.74, 6) is 1.53. The van der Waals surface area contributed by atoms with E-state index in [1.54, 1.807) is 29.9 Å². The van der Waals surface area contributed by atoms with E-state index in [4.69, 9.17) is 0 Å². The van der Waals surface area contributed by atoms with Gasteiger partial charge in [0.2, 0.25) is 0 Å². The van der Waals surface area contributed by atoms with E-state index < -0.39 is 0 Å². The fourth-order valence-electron chi connectivity index (χ4n) is 1.52. The van der Waals surface area contributed by atoms with Gasteiger partial charge in [-0.25, -0.2) is 9.97 Å². The summed E-state index contributed by atoms with van der Waals surface area (Å²) >= 11 is 1.72. The van der Waals surface area contributed by atoms with E-state index in [1.807, 2.05) is 13.2 Å². The van der Waals surface area contributed by atoms with Crippen molar-refractivity contribution in [1.82, 2.24) is 14.9 Å². The van der Waals surface area contributed by atoms with E-state index in [0.29, 0.717) is 11.5 Å². The molecule has 0 aliphatic heterocycles. The van der Waals surface area contributed by atoms with E-state index in [-0.39, 0.29) is 11.9 Å². The predicted octanol–water partition coefficient (Wildman–Crippen LogP) is 2.12. The number of hydrogen-bond acceptors (Lipinski definition) is 5. The van der Waals surface area contributed by atoms with Crippen LogP contribution in [0.2, 0.25) is 0 Å². The molecule has 1 unspecified atom stereocenters. The number of hydrogen-bond donors (Lipinski definition) is 1. The van der Waals surface area contributed by atoms with Crippen LogP contribution in [0.25, 0.3) is 0 Å². The first kappa shape index (κ1) is 15.8. The van der Waals surface area contributed by atoms with Gasteiger partial charge in [-0.1, -0.05) is 6.92 Å². The molecule has 1 heterocycles. The zero-order chi connectivity index (χ0) is 14.3. The smallest absolute Gasteiger partial charge is 0.274 e. The third kappa shape index (κ3) is 4.70. The number of carbonyl (C=O) groups is 1. The van der Waals surface area contributed by atoms with Crippen LogP contribution in [0, 0.1) is 0 Å². The van der Waals surface area contributed by atoms with Gasteiger partial charge in [0.15, 0.2) is 0 Å². The van der Waals surface area contributed by atoms with Gasteiger partial charge in [0.1, 0.15) is 11.5 Å². The number of anilines is 1. The van der Waals surface area contributed by atoms with Crippen LogP contribution in [0.5, 0.6) is 0 Å². The summed E-state index contributed by atoms with van der Waals surface area (Å²) in [7, 11) is 1.80. The van der Waals surface area contributed by atoms with E-state index in [1.165, 1.54) is 6.20 Å². The largest absolute Gasteiger partial charge is 0.369 e. The molecule has 0 fully saturated rings. The van der Waals surface area contributed by atoms with Crippen molar-refractivity contribution in [2.45, 2.75) is 26.3 Å². The SMILES string of the molecule is CCCNc1cnc(C(=O)N(C)C(C)CSC)cn1. The van der Waals surface area contributed by atoms with E-state index in [9.17, 15) is 4.79 Å². The number of nitrogens with one attached hydrogen (secondary N) is 1. The highest BCUT2D eigenvalue weighted by Crippen LogP contribution is 2.08. The molecular weight excluding hydrogens is 260 g/mol. The van der Waals surface area contributed by atoms with Crippen molar-refractivity contribution in [3.05, 3.63) is 18.1 Å². The average Bonchev–Trinajstić information content (AvgIpc) is 2.44. The van der Waals surface area contributed by atoms with Crippen LogP contribution < -0.4 is 5.32 Å². The fraction of sp³-hybridized carbons (Fsp3) is 0.615. The number of rotatable bonds is 7. The molecule has 0 bridgehead atoms. The van der Waals surface area contributed by atoms with E-state index in [0.717, 1.165) is 18.7 Å². The Bertz CT molecular complexity index is 396. The molecule has 1 N–H and O–H groups in total. The van der Waals surface area contributed by atoms with Crippen LogP contribution in [0.4, 0.5) is 5.82 Å². The molecule has 0 saturated heterocycles. The molecule has 1 aromatic rings. The fourth-order valence-corrected chi connectivity index (χ4v) is 2.22. The molecular formula is C13H22N4OS. The zero-order valence-corrected chi connectivity index (χ0v) is 12.8. The Hall–Kier alpha value is -1.30. The van der Waals surface area contributed by atoms with Crippen LogP contribution in [-0.2, 0) is 0 Å². The molecule has 1 aromatic heterocycles. The Labute approximate surface area is 119 Å². The minimum absolute atomic E-state index is 0.0870. The Morgan fingerprint density at radius 2 is 2.21 bits per heavy atom. The molecule has 0 radical (unpaired) electrons. The lowest BCUT2D eigenvalue weighted by molar-refractivity contribution is 0.0751. The molecule has 106 valence electrons. The summed E-state index contributed by atoms with van der Waals surface area (Å²) in [5.41, 5.74) is 0.387. The van der Waals surface area contributed by atoms with Gasteiger partial charge in [-0.15, -0.1) is 0 Å². The van der Waals surface area contributed by atoms with Crippen LogP contribution in [0.3, 0.4) is 0 Å². The second kappa shape index (κ2) is 7.99. The molecule has 1 rings (SSSR count). The minimum Gasteiger partial charge on any atom is -0.369 e. The van der Waals surface area contributed by atoms with E-state index >= 15 is 0 Å². The first-order valence-electron chi connectivity index (χ1n) is 6.42. The van der Waals surface area contributed by atoms with Crippen LogP contribution in [-0.4, -0.2) is 52.4 Å². The van der Waals surface area contributed by atoms with Crippen molar-refractivity contribution >= 4 is 23.5 Å². The monoisotopic (exact) mass is 282 g/mol. The molecule has 19 heavy (non-hydrogen) atoms. The molecule has 0 saturated carbocycles. The molecule has 0 aliphatic rings. The van der Waals surface area contributed by atoms with Gasteiger partial charge in [-0.05, 0) is 19.6 Å². The number of carbonyl (C=O) groups excluding carboxylic acids is 1. The maximum atomic E-state index is 12.2. The molecule has 5 nitrogen and oxygen atoms in total. The third-order valence-corrected chi connectivity index (χ3v) is 3.63. The molecule has 0 aromatic carbocycles. The van der Waals surface area contributed by atoms with Gasteiger partial charge in [0.25, 0.3) is 5.91 Å². The summed E-state index contributed by atoms with van der Waals surface area (Å²) in [6.07, 6.45) is 6.19. The second-order valence-electron chi connectivity index (χ2n) is 4.43. The lowest BCUT2D eigenvalue weighted by Crippen LogP contribution is -2.37. The van der Waals surface area contributed by atoms with Gasteiger partial charge >= 0.3 is 0 Å². The lowest BCUT2D eigenvalue weighted by Gasteiger charge is -2.23. The second-order valence-corrected chi connectivity index (χ2v) is 5.34. The molecule has 0 spiro atoms. The van der Waals surface area contributed by atoms with Crippen molar-refractivity contribution < 1.29 is 4.79 Å². The summed E-state index contributed by atoms with van der Waals surface area (Å²) in [6, 6.07) is 0.183. The predicted molar refractivity (Wildman–Crippen MR) is 80.8 cm³/mol. The highest BCUT2D eigenvalue weighted by molar-refractivity contribution is 7.98. The Kier molecular flexibility index (Phi) is 6.62. The van der Waals surface area contributed by atoms with Crippen molar-refractivity contribution in [3.8, 4) is 0 Å². The number of amides is 1. The minimum atomic E-state index is -0.0870. The first-order valence-corrected chi connectivity index (χ1v) is 7.81. The van der Waals surface area contributed by atoms with Gasteiger partial charge in [0.05, 0.1) is 12.4 Å². The number of nitrogens with zero attached hydrogens (tertiary/aromatic N) is 3. The zero-order valence-electron chi connectivity index (χ0n) is 12.0. The van der Waals surface area contributed by atoms with Crippen LogP contribution in [0.15, 0.2) is 12.4 Å². The van der Waals surface area contributed by atoms with Gasteiger partial charge in [0, 0.05) is 25.4 Å². The maximum absolute atomic E-state index is 12.2. The van der Waals surface area contributed by atoms with Gasteiger partial charge in [-0.3, -0.25) is 4.79 Å². The van der Waals surface area contributed by atoms with Crippen LogP contribution in [0.1, 0.15) is 30.8 Å². The topological polar surface area (TPSA) is 58.1 Å². The Balaban J connectivity index is 2.66. The lowest BCUT2D eigenvalue weighted by atomic mass is 10.3. The standard InChI is InChI=1S/C13H22N4OS/c1-5-6-14-12-8-15-11(7-16-12)13(18)17(3)10(2)9-19-4/h7-8,10H,5-6,9H2,1-4H3,(H,14,16). The Morgan fingerprint density at radius 3 is 2.74 bits per heavy atom. The van der Waals surface area contributed by atoms with Gasteiger partial charge < -0.3 is 10.2 Å². The quantitative estimate of drug-likeness (QED) is 0.830. The first-order chi connectivity index (χ1) is 9.10. The van der Waals surface area contributed by atoms with Crippen molar-refractivity contribution in [3.63, 3.8) is 0 Å². The van der Waals surface area contributed by atoms with Crippen molar-refractivity contribution in [2.24, 2.45) is 0 Å². The average molecular weight is 282 g/mol. The van der Waals surface area contributed by atoms with Crippen LogP contribution >= 0.6 is 11.8 Å². The van der Waals surface area contributed by atoms with Crippen molar-refractivity contribution in [2.75, 3.05) is 30.9 Å². The molecule has 1 atom stereocenters. The highest BCUT2D eigenvalue weighted by Gasteiger charge is 2.18. The number of aromatic nitrogens is 2. The molecule has 1 amide bonds.